The molecular formula is C29H33BrN2O8S. The fourth-order valence-corrected chi connectivity index (χ4v) is 6.03. The van der Waals surface area contributed by atoms with Gasteiger partial charge in [0.15, 0.2) is 0 Å². The highest BCUT2D eigenvalue weighted by Gasteiger charge is 2.29. The monoisotopic (exact) mass is 648 g/mol. The predicted octanol–water partition coefficient (Wildman–Crippen LogP) is 3.39. The van der Waals surface area contributed by atoms with Crippen molar-refractivity contribution in [2.75, 3.05) is 39.3 Å². The first-order valence-corrected chi connectivity index (χ1v) is 15.1. The van der Waals surface area contributed by atoms with Crippen molar-refractivity contribution in [3.63, 3.8) is 0 Å². The molecule has 0 spiro atoms. The molecule has 3 aromatic carbocycles. The van der Waals surface area contributed by atoms with Gasteiger partial charge in [0.1, 0.15) is 6.10 Å². The lowest BCUT2D eigenvalue weighted by molar-refractivity contribution is -0.159. The number of ether oxygens (including phenoxy) is 1. The van der Waals surface area contributed by atoms with E-state index in [0.29, 0.717) is 37.6 Å². The van der Waals surface area contributed by atoms with Crippen LogP contribution in [0.25, 0.3) is 0 Å². The number of hydrogen-bond acceptors (Lipinski definition) is 7. The normalized spacial score (nSPS) is 15.8. The minimum Gasteiger partial charge on any atom is -0.473 e. The zero-order valence-corrected chi connectivity index (χ0v) is 24.9. The van der Waals surface area contributed by atoms with Crippen molar-refractivity contribution in [1.82, 2.24) is 9.21 Å². The average molecular weight is 650 g/mol. The fraction of sp³-hybridized carbons (Fsp3) is 0.310. The minimum atomic E-state index is -3.52. The van der Waals surface area contributed by atoms with E-state index in [0.717, 1.165) is 21.2 Å². The maximum absolute atomic E-state index is 12.9. The number of hydrogen-bond donors (Lipinski definition) is 3. The van der Waals surface area contributed by atoms with E-state index < -0.39 is 28.1 Å². The smallest absolute Gasteiger partial charge is 0.414 e. The summed E-state index contributed by atoms with van der Waals surface area (Å²) in [6.07, 6.45) is -0.945. The number of nitrogens with zero attached hydrogens (tertiary/aromatic N) is 2. The molecule has 1 heterocycles. The zero-order valence-electron chi connectivity index (χ0n) is 22.5. The van der Waals surface area contributed by atoms with Crippen LogP contribution in [0, 0.1) is 6.92 Å². The van der Waals surface area contributed by atoms with Crippen LogP contribution in [0.15, 0.2) is 88.2 Å². The summed E-state index contributed by atoms with van der Waals surface area (Å²) >= 11 is 3.34. The third kappa shape index (κ3) is 9.45. The van der Waals surface area contributed by atoms with Crippen LogP contribution in [-0.4, -0.2) is 90.3 Å². The summed E-state index contributed by atoms with van der Waals surface area (Å²) in [5.41, 5.74) is 3.26. The molecule has 1 aliphatic heterocycles. The Morgan fingerprint density at radius 3 is 2.00 bits per heavy atom. The molecule has 0 bridgehead atoms. The molecule has 2 unspecified atom stereocenters. The van der Waals surface area contributed by atoms with E-state index in [4.69, 9.17) is 24.5 Å². The van der Waals surface area contributed by atoms with Crippen molar-refractivity contribution in [2.24, 2.45) is 0 Å². The summed E-state index contributed by atoms with van der Waals surface area (Å²) in [6, 6.07) is 24.9. The Morgan fingerprint density at radius 2 is 1.44 bits per heavy atom. The Balaban J connectivity index is 0.000000696. The van der Waals surface area contributed by atoms with Gasteiger partial charge in [-0.15, -0.1) is 0 Å². The van der Waals surface area contributed by atoms with Crippen molar-refractivity contribution in [3.8, 4) is 0 Å². The number of aryl methyl sites for hydroxylation is 1. The number of aliphatic hydroxyl groups excluding tert-OH is 1. The number of carboxylic acids is 2. The van der Waals surface area contributed by atoms with Crippen LogP contribution in [0.1, 0.15) is 22.8 Å². The molecular weight excluding hydrogens is 616 g/mol. The van der Waals surface area contributed by atoms with E-state index in [2.05, 4.69) is 39.9 Å². The van der Waals surface area contributed by atoms with Gasteiger partial charge in [0.05, 0.1) is 17.6 Å². The lowest BCUT2D eigenvalue weighted by Crippen LogP contribution is -2.50. The summed E-state index contributed by atoms with van der Waals surface area (Å²) in [4.78, 5) is 20.6. The molecule has 0 aromatic heterocycles. The SMILES string of the molecule is Cc1ccccc1C(OCC(O)CN1CCN(S(=O)(=O)c2ccc(Br)cc2)CC1)c1ccccc1.O=C(O)C(=O)O. The van der Waals surface area contributed by atoms with Crippen LogP contribution in [0.2, 0.25) is 0 Å². The summed E-state index contributed by atoms with van der Waals surface area (Å²) in [5.74, 6) is -3.65. The maximum atomic E-state index is 12.9. The molecule has 0 amide bonds. The van der Waals surface area contributed by atoms with Crippen LogP contribution < -0.4 is 0 Å². The van der Waals surface area contributed by atoms with Gasteiger partial charge < -0.3 is 20.1 Å². The van der Waals surface area contributed by atoms with Crippen molar-refractivity contribution in [1.29, 1.82) is 0 Å². The predicted molar refractivity (Wildman–Crippen MR) is 156 cm³/mol. The van der Waals surface area contributed by atoms with E-state index in [1.165, 1.54) is 4.31 Å². The van der Waals surface area contributed by atoms with E-state index >= 15 is 0 Å². The molecule has 10 nitrogen and oxygen atoms in total. The van der Waals surface area contributed by atoms with Gasteiger partial charge >= 0.3 is 11.9 Å². The van der Waals surface area contributed by atoms with Gasteiger partial charge in [-0.05, 0) is 47.9 Å². The Morgan fingerprint density at radius 1 is 0.878 bits per heavy atom. The number of halogens is 1. The van der Waals surface area contributed by atoms with E-state index in [1.807, 2.05) is 42.5 Å². The number of rotatable bonds is 9. The van der Waals surface area contributed by atoms with Gasteiger partial charge in [-0.25, -0.2) is 18.0 Å². The highest BCUT2D eigenvalue weighted by atomic mass is 79.9. The Labute approximate surface area is 248 Å². The molecule has 1 saturated heterocycles. The molecule has 3 N–H and O–H groups in total. The van der Waals surface area contributed by atoms with Gasteiger partial charge in [0.25, 0.3) is 0 Å². The van der Waals surface area contributed by atoms with Crippen molar-refractivity contribution in [2.45, 2.75) is 24.0 Å². The average Bonchev–Trinajstić information content (AvgIpc) is 2.95. The van der Waals surface area contributed by atoms with Crippen molar-refractivity contribution >= 4 is 37.9 Å². The number of β-amino-alcohol motifs (C(OH)–C–C–N with tert-alkyl or cyclic N) is 1. The first-order chi connectivity index (χ1) is 19.5. The molecule has 12 heteroatoms. The summed E-state index contributed by atoms with van der Waals surface area (Å²) in [6.45, 7) is 4.59. The van der Waals surface area contributed by atoms with Crippen LogP contribution in [0.3, 0.4) is 0 Å². The lowest BCUT2D eigenvalue weighted by atomic mass is 9.97. The number of carbonyl (C=O) groups is 2. The largest absolute Gasteiger partial charge is 0.473 e. The number of sulfonamides is 1. The van der Waals surface area contributed by atoms with Crippen LogP contribution in [-0.2, 0) is 24.3 Å². The Hall–Kier alpha value is -3.13. The molecule has 1 aliphatic rings. The molecule has 4 rings (SSSR count). The summed E-state index contributed by atoms with van der Waals surface area (Å²) in [7, 11) is -3.52. The van der Waals surface area contributed by atoms with Gasteiger partial charge in [-0.1, -0.05) is 70.5 Å². The van der Waals surface area contributed by atoms with Crippen molar-refractivity contribution in [3.05, 3.63) is 100 Å². The Bertz CT molecular complexity index is 1380. The van der Waals surface area contributed by atoms with E-state index in [1.54, 1.807) is 24.3 Å². The van der Waals surface area contributed by atoms with Crippen molar-refractivity contribution < 1.29 is 38.1 Å². The first kappa shape index (κ1) is 32.4. The Kier molecular flexibility index (Phi) is 12.0. The third-order valence-corrected chi connectivity index (χ3v) is 8.90. The fourth-order valence-electron chi connectivity index (χ4n) is 4.34. The molecule has 41 heavy (non-hydrogen) atoms. The molecule has 0 radical (unpaired) electrons. The highest BCUT2D eigenvalue weighted by molar-refractivity contribution is 9.10. The minimum absolute atomic E-state index is 0.186. The number of aliphatic hydroxyl groups is 1. The summed E-state index contributed by atoms with van der Waals surface area (Å²) < 4.78 is 34.5. The molecule has 0 saturated carbocycles. The summed E-state index contributed by atoms with van der Waals surface area (Å²) in [5, 5.41) is 25.5. The van der Waals surface area contributed by atoms with Gasteiger partial charge in [-0.3, -0.25) is 4.90 Å². The van der Waals surface area contributed by atoms with E-state index in [9.17, 15) is 13.5 Å². The number of aliphatic carboxylic acids is 2. The molecule has 2 atom stereocenters. The first-order valence-electron chi connectivity index (χ1n) is 12.8. The highest BCUT2D eigenvalue weighted by Crippen LogP contribution is 2.28. The van der Waals surface area contributed by atoms with Crippen LogP contribution in [0.4, 0.5) is 0 Å². The second-order valence-corrected chi connectivity index (χ2v) is 12.3. The lowest BCUT2D eigenvalue weighted by Gasteiger charge is -2.35. The second-order valence-electron chi connectivity index (χ2n) is 9.40. The maximum Gasteiger partial charge on any atom is 0.414 e. The zero-order chi connectivity index (χ0) is 30.0. The topological polar surface area (TPSA) is 145 Å². The van der Waals surface area contributed by atoms with Gasteiger partial charge in [0.2, 0.25) is 10.0 Å². The van der Waals surface area contributed by atoms with E-state index in [-0.39, 0.29) is 12.7 Å². The van der Waals surface area contributed by atoms with Crippen LogP contribution >= 0.6 is 15.9 Å². The van der Waals surface area contributed by atoms with Gasteiger partial charge in [-0.2, -0.15) is 4.31 Å². The third-order valence-electron chi connectivity index (χ3n) is 6.46. The molecule has 3 aromatic rings. The van der Waals surface area contributed by atoms with Crippen LogP contribution in [0.5, 0.6) is 0 Å². The standard InChI is InChI=1S/C27H31BrN2O4S.C2H2O4/c1-21-7-5-6-10-26(21)27(22-8-3-2-4-9-22)34-20-24(31)19-29-15-17-30(18-16-29)35(32,33)25-13-11-23(28)12-14-25;3-1(4)2(5)6/h2-14,24,27,31H,15-20H2,1H3;(H,3,4)(H,5,6). The molecule has 0 aliphatic carbocycles. The number of carboxylic acid groups (broad SMARTS) is 2. The molecule has 220 valence electrons. The quantitative estimate of drug-likeness (QED) is 0.297. The van der Waals surface area contributed by atoms with Gasteiger partial charge in [0, 0.05) is 37.2 Å². The number of piperazine rings is 1. The second kappa shape index (κ2) is 15.2. The number of benzene rings is 3. The molecule has 1 fully saturated rings.